The van der Waals surface area contributed by atoms with Gasteiger partial charge in [0, 0.05) is 18.8 Å². The van der Waals surface area contributed by atoms with Gasteiger partial charge in [0.05, 0.1) is 23.3 Å². The topological polar surface area (TPSA) is 67.2 Å². The molecule has 0 saturated carbocycles. The van der Waals surface area contributed by atoms with Gasteiger partial charge in [-0.15, -0.1) is 11.6 Å². The number of nitrogens with one attached hydrogen (secondary N) is 1. The number of para-hydroxylation sites is 2. The summed E-state index contributed by atoms with van der Waals surface area (Å²) in [5.41, 5.74) is 2.08. The average molecular weight is 319 g/mol. The molecule has 0 unspecified atom stereocenters. The molecular weight excluding hydrogens is 304 g/mol. The largest absolute Gasteiger partial charge is 0.319 e. The highest BCUT2D eigenvalue weighted by molar-refractivity contribution is 6.21. The molecule has 0 saturated heterocycles. The molecule has 2 aromatic rings. The van der Waals surface area contributed by atoms with Gasteiger partial charge in [0.25, 0.3) is 5.91 Å². The SMILES string of the molecule is CCn1ncc2c1C(=O)Nc1ccccc1N2C(=O)CCCl. The van der Waals surface area contributed by atoms with Crippen molar-refractivity contribution < 1.29 is 9.59 Å². The number of nitrogens with zero attached hydrogens (tertiary/aromatic N) is 3. The van der Waals surface area contributed by atoms with E-state index >= 15 is 0 Å². The first-order valence-corrected chi connectivity index (χ1v) is 7.56. The first-order valence-electron chi connectivity index (χ1n) is 7.02. The summed E-state index contributed by atoms with van der Waals surface area (Å²) in [7, 11) is 0. The van der Waals surface area contributed by atoms with Crippen molar-refractivity contribution in [1.82, 2.24) is 9.78 Å². The molecule has 0 atom stereocenters. The highest BCUT2D eigenvalue weighted by Gasteiger charge is 2.32. The average Bonchev–Trinajstić information content (AvgIpc) is 2.88. The normalized spacial score (nSPS) is 13.2. The lowest BCUT2D eigenvalue weighted by molar-refractivity contribution is -0.117. The lowest BCUT2D eigenvalue weighted by Gasteiger charge is -2.21. The van der Waals surface area contributed by atoms with Crippen molar-refractivity contribution >= 4 is 40.5 Å². The van der Waals surface area contributed by atoms with Crippen LogP contribution < -0.4 is 10.2 Å². The Balaban J connectivity index is 2.23. The zero-order chi connectivity index (χ0) is 15.7. The molecule has 114 valence electrons. The number of fused-ring (bicyclic) bond motifs is 2. The molecule has 7 heteroatoms. The fourth-order valence-electron chi connectivity index (χ4n) is 2.56. The summed E-state index contributed by atoms with van der Waals surface area (Å²) in [5.74, 6) is -0.227. The Morgan fingerprint density at radius 3 is 2.82 bits per heavy atom. The third kappa shape index (κ3) is 2.25. The minimum Gasteiger partial charge on any atom is -0.319 e. The molecular formula is C15H15ClN4O2. The second-order valence-electron chi connectivity index (χ2n) is 4.83. The molecule has 2 heterocycles. The Bertz CT molecular complexity index is 741. The van der Waals surface area contributed by atoms with Crippen LogP contribution in [0.2, 0.25) is 0 Å². The summed E-state index contributed by atoms with van der Waals surface area (Å²) >= 11 is 5.72. The first-order chi connectivity index (χ1) is 10.7. The molecule has 0 aliphatic carbocycles. The van der Waals surface area contributed by atoms with Crippen LogP contribution in [0.25, 0.3) is 0 Å². The second-order valence-corrected chi connectivity index (χ2v) is 5.21. The zero-order valence-corrected chi connectivity index (χ0v) is 12.8. The number of anilines is 3. The Morgan fingerprint density at radius 2 is 2.09 bits per heavy atom. The molecule has 2 amide bonds. The molecule has 0 fully saturated rings. The van der Waals surface area contributed by atoms with Crippen molar-refractivity contribution in [2.24, 2.45) is 0 Å². The van der Waals surface area contributed by atoms with Crippen molar-refractivity contribution in [1.29, 1.82) is 0 Å². The van der Waals surface area contributed by atoms with E-state index < -0.39 is 0 Å². The summed E-state index contributed by atoms with van der Waals surface area (Å²) < 4.78 is 1.58. The van der Waals surface area contributed by atoms with Gasteiger partial charge in [-0.05, 0) is 19.1 Å². The highest BCUT2D eigenvalue weighted by atomic mass is 35.5. The van der Waals surface area contributed by atoms with Gasteiger partial charge in [-0.25, -0.2) is 0 Å². The summed E-state index contributed by atoms with van der Waals surface area (Å²) in [6, 6.07) is 7.19. The summed E-state index contributed by atoms with van der Waals surface area (Å²) in [5, 5.41) is 7.04. The standard InChI is InChI=1S/C15H15ClN4O2/c1-2-19-14-12(9-17-19)20(13(21)7-8-16)11-6-4-3-5-10(11)18-15(14)22/h3-6,9H,2,7-8H2,1H3,(H,18,22). The minimum absolute atomic E-state index is 0.171. The van der Waals surface area contributed by atoms with E-state index in [1.807, 2.05) is 19.1 Å². The number of carbonyl (C=O) groups is 2. The molecule has 0 spiro atoms. The molecule has 1 N–H and O–H groups in total. The van der Waals surface area contributed by atoms with Crippen LogP contribution in [0, 0.1) is 0 Å². The Kier molecular flexibility index (Phi) is 3.85. The number of hydrogen-bond acceptors (Lipinski definition) is 3. The third-order valence-corrected chi connectivity index (χ3v) is 3.72. The van der Waals surface area contributed by atoms with Gasteiger partial charge in [-0.1, -0.05) is 12.1 Å². The first kappa shape index (κ1) is 14.6. The van der Waals surface area contributed by atoms with Gasteiger partial charge in [0.2, 0.25) is 5.91 Å². The molecule has 1 aliphatic rings. The van der Waals surface area contributed by atoms with E-state index in [1.54, 1.807) is 23.0 Å². The molecule has 3 rings (SSSR count). The van der Waals surface area contributed by atoms with Crippen LogP contribution >= 0.6 is 11.6 Å². The Labute approximate surface area is 132 Å². The van der Waals surface area contributed by atoms with E-state index in [-0.39, 0.29) is 24.1 Å². The molecule has 0 radical (unpaired) electrons. The van der Waals surface area contributed by atoms with Gasteiger partial charge >= 0.3 is 0 Å². The number of amides is 2. The van der Waals surface area contributed by atoms with Crippen LogP contribution in [0.4, 0.5) is 17.1 Å². The van der Waals surface area contributed by atoms with Crippen molar-refractivity contribution in [2.45, 2.75) is 19.9 Å². The van der Waals surface area contributed by atoms with Crippen LogP contribution in [0.5, 0.6) is 0 Å². The maximum absolute atomic E-state index is 12.5. The van der Waals surface area contributed by atoms with Crippen LogP contribution in [0.3, 0.4) is 0 Å². The predicted octanol–water partition coefficient (Wildman–Crippen LogP) is 2.76. The number of benzene rings is 1. The van der Waals surface area contributed by atoms with E-state index in [2.05, 4.69) is 10.4 Å². The minimum atomic E-state index is -0.275. The van der Waals surface area contributed by atoms with E-state index in [9.17, 15) is 9.59 Å². The third-order valence-electron chi connectivity index (χ3n) is 3.53. The quantitative estimate of drug-likeness (QED) is 0.885. The van der Waals surface area contributed by atoms with Crippen LogP contribution in [-0.4, -0.2) is 27.5 Å². The fourth-order valence-corrected chi connectivity index (χ4v) is 2.72. The highest BCUT2D eigenvalue weighted by Crippen LogP contribution is 2.38. The van der Waals surface area contributed by atoms with Gasteiger partial charge in [0.1, 0.15) is 0 Å². The Morgan fingerprint density at radius 1 is 1.32 bits per heavy atom. The summed E-state index contributed by atoms with van der Waals surface area (Å²) in [4.78, 5) is 26.6. The maximum Gasteiger partial charge on any atom is 0.276 e. The number of aromatic nitrogens is 2. The number of aryl methyl sites for hydroxylation is 1. The molecule has 1 aromatic carbocycles. The molecule has 1 aromatic heterocycles. The smallest absolute Gasteiger partial charge is 0.276 e. The number of hydrogen-bond donors (Lipinski definition) is 1. The number of alkyl halides is 1. The predicted molar refractivity (Wildman–Crippen MR) is 84.8 cm³/mol. The van der Waals surface area contributed by atoms with Crippen molar-refractivity contribution in [3.63, 3.8) is 0 Å². The molecule has 1 aliphatic heterocycles. The van der Waals surface area contributed by atoms with E-state index in [4.69, 9.17) is 11.6 Å². The van der Waals surface area contributed by atoms with Gasteiger partial charge in [0.15, 0.2) is 5.69 Å². The van der Waals surface area contributed by atoms with Crippen LogP contribution in [0.1, 0.15) is 23.8 Å². The van der Waals surface area contributed by atoms with Crippen molar-refractivity contribution in [3.05, 3.63) is 36.2 Å². The lowest BCUT2D eigenvalue weighted by Crippen LogP contribution is -2.26. The second kappa shape index (κ2) is 5.81. The number of carbonyl (C=O) groups excluding carboxylic acids is 2. The maximum atomic E-state index is 12.5. The monoisotopic (exact) mass is 318 g/mol. The molecule has 22 heavy (non-hydrogen) atoms. The van der Waals surface area contributed by atoms with Crippen molar-refractivity contribution in [3.8, 4) is 0 Å². The Hall–Kier alpha value is -2.34. The fraction of sp³-hybridized carbons (Fsp3) is 0.267. The van der Waals surface area contributed by atoms with Crippen molar-refractivity contribution in [2.75, 3.05) is 16.1 Å². The molecule has 6 nitrogen and oxygen atoms in total. The van der Waals surface area contributed by atoms with Crippen LogP contribution in [0.15, 0.2) is 30.5 Å². The van der Waals surface area contributed by atoms with Crippen LogP contribution in [-0.2, 0) is 11.3 Å². The zero-order valence-electron chi connectivity index (χ0n) is 12.0. The molecule has 0 bridgehead atoms. The lowest BCUT2D eigenvalue weighted by atomic mass is 10.2. The van der Waals surface area contributed by atoms with E-state index in [0.29, 0.717) is 29.3 Å². The summed E-state index contributed by atoms with van der Waals surface area (Å²) in [6.07, 6.45) is 1.73. The number of rotatable bonds is 3. The van der Waals surface area contributed by atoms with Gasteiger partial charge < -0.3 is 5.32 Å². The number of halogens is 1. The van der Waals surface area contributed by atoms with E-state index in [0.717, 1.165) is 0 Å². The van der Waals surface area contributed by atoms with Gasteiger partial charge in [-0.3, -0.25) is 19.2 Å². The summed E-state index contributed by atoms with van der Waals surface area (Å²) in [6.45, 7) is 2.43. The van der Waals surface area contributed by atoms with E-state index in [1.165, 1.54) is 4.90 Å². The van der Waals surface area contributed by atoms with Gasteiger partial charge in [-0.2, -0.15) is 5.10 Å².